The van der Waals surface area contributed by atoms with Gasteiger partial charge in [0.1, 0.15) is 5.75 Å². The minimum Gasteiger partial charge on any atom is -0.497 e. The van der Waals surface area contributed by atoms with Crippen LogP contribution in [0.1, 0.15) is 37.8 Å². The molecule has 8 nitrogen and oxygen atoms in total. The van der Waals surface area contributed by atoms with Gasteiger partial charge in [0.2, 0.25) is 5.82 Å². The molecule has 1 unspecified atom stereocenters. The van der Waals surface area contributed by atoms with Crippen molar-refractivity contribution in [2.24, 2.45) is 0 Å². The van der Waals surface area contributed by atoms with Gasteiger partial charge in [0.15, 0.2) is 0 Å². The fourth-order valence-corrected chi connectivity index (χ4v) is 4.04. The summed E-state index contributed by atoms with van der Waals surface area (Å²) in [5, 5.41) is 7.90. The van der Waals surface area contributed by atoms with Crippen LogP contribution in [0.4, 0.5) is 4.79 Å². The maximum absolute atomic E-state index is 13.0. The van der Waals surface area contributed by atoms with Crippen LogP contribution in [-0.2, 0) is 4.74 Å². The normalized spacial score (nSPS) is 16.1. The number of carbonyl (C=O) groups excluding carboxylic acids is 1. The summed E-state index contributed by atoms with van der Waals surface area (Å²) in [7, 11) is 1.61. The van der Waals surface area contributed by atoms with Crippen molar-refractivity contribution in [1.29, 1.82) is 0 Å². The average molecular weight is 483 g/mol. The van der Waals surface area contributed by atoms with Crippen LogP contribution < -0.4 is 10.1 Å². The first-order chi connectivity index (χ1) is 16.5. The van der Waals surface area contributed by atoms with Crippen LogP contribution >= 0.6 is 11.6 Å². The fourth-order valence-electron chi connectivity index (χ4n) is 3.91. The molecule has 0 radical (unpaired) electrons. The van der Waals surface area contributed by atoms with Crippen molar-refractivity contribution in [2.75, 3.05) is 26.9 Å². The van der Waals surface area contributed by atoms with Gasteiger partial charge in [-0.3, -0.25) is 4.90 Å². The van der Waals surface area contributed by atoms with Crippen molar-refractivity contribution in [3.05, 3.63) is 70.7 Å². The van der Waals surface area contributed by atoms with Gasteiger partial charge in [-0.05, 0) is 50.1 Å². The lowest BCUT2D eigenvalue weighted by molar-refractivity contribution is 0.136. The monoisotopic (exact) mass is 482 g/mol. The number of ether oxygens (including phenoxy) is 2. The molecule has 0 saturated carbocycles. The molecule has 0 spiro atoms. The quantitative estimate of drug-likeness (QED) is 0.415. The van der Waals surface area contributed by atoms with Crippen LogP contribution in [-0.4, -0.2) is 47.9 Å². The van der Waals surface area contributed by atoms with Gasteiger partial charge < -0.3 is 19.3 Å². The zero-order valence-corrected chi connectivity index (χ0v) is 20.1. The Bertz CT molecular complexity index is 1180. The third-order valence-corrected chi connectivity index (χ3v) is 5.91. The molecular weight excluding hydrogens is 456 g/mol. The summed E-state index contributed by atoms with van der Waals surface area (Å²) in [6.45, 7) is 5.56. The number of nitrogens with zero attached hydrogens (tertiary/aromatic N) is 3. The Labute approximate surface area is 203 Å². The minimum atomic E-state index is -0.466. The average Bonchev–Trinajstić information content (AvgIpc) is 3.33. The number of carbonyl (C=O) groups is 1. The van der Waals surface area contributed by atoms with E-state index < -0.39 is 6.04 Å². The predicted octanol–water partition coefficient (Wildman–Crippen LogP) is 5.32. The van der Waals surface area contributed by atoms with Gasteiger partial charge in [-0.1, -0.05) is 41.0 Å². The highest BCUT2D eigenvalue weighted by molar-refractivity contribution is 6.30. The molecule has 2 amide bonds. The molecule has 34 heavy (non-hydrogen) atoms. The van der Waals surface area contributed by atoms with Crippen LogP contribution in [0.25, 0.3) is 17.0 Å². The second kappa shape index (κ2) is 10.7. The first-order valence-corrected chi connectivity index (χ1v) is 11.5. The zero-order valence-electron chi connectivity index (χ0n) is 19.4. The molecule has 0 aliphatic carbocycles. The van der Waals surface area contributed by atoms with Crippen molar-refractivity contribution in [3.8, 4) is 17.1 Å². The van der Waals surface area contributed by atoms with Gasteiger partial charge >= 0.3 is 6.03 Å². The van der Waals surface area contributed by atoms with E-state index in [0.29, 0.717) is 48.7 Å². The molecule has 1 aliphatic heterocycles. The summed E-state index contributed by atoms with van der Waals surface area (Å²) in [4.78, 5) is 19.4. The Balaban J connectivity index is 1.73. The second-order valence-corrected chi connectivity index (χ2v) is 8.23. The molecule has 1 aromatic heterocycles. The number of amides is 2. The van der Waals surface area contributed by atoms with E-state index in [1.807, 2.05) is 50.2 Å². The van der Waals surface area contributed by atoms with Crippen molar-refractivity contribution in [2.45, 2.75) is 26.3 Å². The van der Waals surface area contributed by atoms with Gasteiger partial charge in [-0.2, -0.15) is 4.98 Å². The molecule has 0 bridgehead atoms. The summed E-state index contributed by atoms with van der Waals surface area (Å²) < 4.78 is 16.5. The second-order valence-electron chi connectivity index (χ2n) is 7.79. The Morgan fingerprint density at radius 3 is 2.74 bits per heavy atom. The molecule has 1 aliphatic rings. The Morgan fingerprint density at radius 1 is 1.21 bits per heavy atom. The number of methoxy groups -OCH3 is 1. The van der Waals surface area contributed by atoms with E-state index in [0.717, 1.165) is 22.4 Å². The molecular formula is C25H27ClN4O4. The number of aromatic nitrogens is 2. The smallest absolute Gasteiger partial charge is 0.322 e. The zero-order chi connectivity index (χ0) is 24.1. The van der Waals surface area contributed by atoms with E-state index in [2.05, 4.69) is 15.5 Å². The Hall–Kier alpha value is -3.36. The van der Waals surface area contributed by atoms with Gasteiger partial charge in [-0.25, -0.2) is 4.79 Å². The molecule has 9 heteroatoms. The first kappa shape index (κ1) is 23.8. The van der Waals surface area contributed by atoms with Crippen LogP contribution in [0.15, 0.2) is 58.8 Å². The van der Waals surface area contributed by atoms with Crippen molar-refractivity contribution in [3.63, 3.8) is 0 Å². The highest BCUT2D eigenvalue weighted by atomic mass is 35.5. The number of hydrogen-bond acceptors (Lipinski definition) is 6. The lowest BCUT2D eigenvalue weighted by Gasteiger charge is -2.35. The highest BCUT2D eigenvalue weighted by Crippen LogP contribution is 2.37. The lowest BCUT2D eigenvalue weighted by Crippen LogP contribution is -2.46. The maximum Gasteiger partial charge on any atom is 0.322 e. The Kier molecular flexibility index (Phi) is 7.49. The number of benzene rings is 2. The number of allylic oxidation sites excluding steroid dienone is 1. The first-order valence-electron chi connectivity index (χ1n) is 11.1. The van der Waals surface area contributed by atoms with E-state index in [1.54, 1.807) is 24.1 Å². The molecule has 1 N–H and O–H groups in total. The third kappa shape index (κ3) is 5.08. The molecule has 2 aromatic carbocycles. The van der Waals surface area contributed by atoms with Crippen LogP contribution in [0, 0.1) is 0 Å². The standard InChI is InChI=1S/C25H27ClN4O4/c1-4-33-14-6-13-30-16(2)21(22(27-25(30)31)17-9-11-19(26)12-10-17)24-28-23(29-34-24)18-7-5-8-20(15-18)32-3/h5,7-12,15,22H,4,6,13-14H2,1-3H3,(H,27,31). The van der Waals surface area contributed by atoms with E-state index >= 15 is 0 Å². The van der Waals surface area contributed by atoms with Gasteiger partial charge in [0, 0.05) is 36.0 Å². The minimum absolute atomic E-state index is 0.190. The fraction of sp³-hybridized carbons (Fsp3) is 0.320. The maximum atomic E-state index is 13.0. The summed E-state index contributed by atoms with van der Waals surface area (Å²) >= 11 is 6.09. The molecule has 0 fully saturated rings. The molecule has 3 aromatic rings. The van der Waals surface area contributed by atoms with Crippen molar-refractivity contribution >= 4 is 23.2 Å². The Morgan fingerprint density at radius 2 is 2.00 bits per heavy atom. The molecule has 2 heterocycles. The van der Waals surface area contributed by atoms with E-state index in [9.17, 15) is 4.79 Å². The third-order valence-electron chi connectivity index (χ3n) is 5.66. The molecule has 178 valence electrons. The van der Waals surface area contributed by atoms with Gasteiger partial charge in [0.05, 0.1) is 18.7 Å². The summed E-state index contributed by atoms with van der Waals surface area (Å²) in [6.07, 6.45) is 0.705. The highest BCUT2D eigenvalue weighted by Gasteiger charge is 2.35. The predicted molar refractivity (Wildman–Crippen MR) is 129 cm³/mol. The SMILES string of the molecule is CCOCCCN1C(=O)NC(c2ccc(Cl)cc2)C(c2nc(-c3cccc(OC)c3)no2)=C1C. The summed E-state index contributed by atoms with van der Waals surface area (Å²) in [5.74, 6) is 1.47. The van der Waals surface area contributed by atoms with Crippen molar-refractivity contribution < 1.29 is 18.8 Å². The molecule has 4 rings (SSSR count). The van der Waals surface area contributed by atoms with Gasteiger partial charge in [-0.15, -0.1) is 0 Å². The molecule has 1 atom stereocenters. The largest absolute Gasteiger partial charge is 0.497 e. The van der Waals surface area contributed by atoms with Crippen LogP contribution in [0.3, 0.4) is 0 Å². The number of nitrogens with one attached hydrogen (secondary N) is 1. The topological polar surface area (TPSA) is 89.7 Å². The summed E-state index contributed by atoms with van der Waals surface area (Å²) in [5.41, 5.74) is 3.12. The number of rotatable bonds is 9. The van der Waals surface area contributed by atoms with Crippen LogP contribution in [0.5, 0.6) is 5.75 Å². The van der Waals surface area contributed by atoms with E-state index in [1.165, 1.54) is 0 Å². The number of urea groups is 1. The number of hydrogen-bond donors (Lipinski definition) is 1. The van der Waals surface area contributed by atoms with Gasteiger partial charge in [0.25, 0.3) is 5.89 Å². The summed E-state index contributed by atoms with van der Waals surface area (Å²) in [6, 6.07) is 14.1. The number of halogens is 1. The van der Waals surface area contributed by atoms with E-state index in [4.69, 9.17) is 25.6 Å². The lowest BCUT2D eigenvalue weighted by atomic mass is 9.94. The van der Waals surface area contributed by atoms with Crippen molar-refractivity contribution in [1.82, 2.24) is 20.4 Å². The molecule has 0 saturated heterocycles. The van der Waals surface area contributed by atoms with E-state index in [-0.39, 0.29) is 6.03 Å². The van der Waals surface area contributed by atoms with Crippen LogP contribution in [0.2, 0.25) is 5.02 Å².